The predicted octanol–water partition coefficient (Wildman–Crippen LogP) is -0.537. The van der Waals surface area contributed by atoms with Gasteiger partial charge in [0.1, 0.15) is 24.4 Å². The fraction of sp³-hybridized carbons (Fsp3) is 0.523. The van der Waals surface area contributed by atoms with Crippen LogP contribution >= 0.6 is 0 Å². The average molecular weight is 833 g/mol. The molecule has 2 aliphatic rings. The number of carbonyl (C=O) groups is 2. The fourth-order valence-corrected chi connectivity index (χ4v) is 7.25. The number of ether oxygens (including phenoxy) is 3. The molecular formula is C44H61N2NaO12. The van der Waals surface area contributed by atoms with Crippen LogP contribution in [-0.4, -0.2) is 110 Å². The van der Waals surface area contributed by atoms with Crippen molar-refractivity contribution in [2.75, 3.05) is 13.7 Å². The van der Waals surface area contributed by atoms with E-state index in [1.165, 1.54) is 33.4 Å². The molecule has 3 rings (SSSR count). The number of nitrogens with one attached hydrogen (secondary N) is 1. The number of hydrogen-bond acceptors (Lipinski definition) is 12. The zero-order valence-electron chi connectivity index (χ0n) is 35.8. The van der Waals surface area contributed by atoms with E-state index in [0.29, 0.717) is 0 Å². The maximum absolute atomic E-state index is 13.3. The Balaban J connectivity index is 0.0000120. The first kappa shape index (κ1) is 51.9. The van der Waals surface area contributed by atoms with Crippen molar-refractivity contribution in [1.29, 1.82) is 0 Å². The van der Waals surface area contributed by atoms with Crippen molar-refractivity contribution in [2.45, 2.75) is 110 Å². The third-order valence-electron chi connectivity index (χ3n) is 11.0. The summed E-state index contributed by atoms with van der Waals surface area (Å²) in [5.41, 5.74) is -1.75. The summed E-state index contributed by atoms with van der Waals surface area (Å²) in [6.45, 7) is 12.2. The molecule has 14 nitrogen and oxygen atoms in total. The molecule has 0 unspecified atom stereocenters. The van der Waals surface area contributed by atoms with E-state index in [2.05, 4.69) is 5.32 Å². The predicted molar refractivity (Wildman–Crippen MR) is 220 cm³/mol. The molecule has 0 radical (unpaired) electrons. The Labute approximate surface area is 368 Å². The van der Waals surface area contributed by atoms with Gasteiger partial charge < -0.3 is 59.2 Å². The molecule has 11 atom stereocenters. The van der Waals surface area contributed by atoms with Crippen LogP contribution in [0.4, 0.5) is 0 Å². The maximum atomic E-state index is 13.3. The topological polar surface area (TPSA) is 214 Å². The van der Waals surface area contributed by atoms with Gasteiger partial charge in [0.05, 0.1) is 41.5 Å². The van der Waals surface area contributed by atoms with Gasteiger partial charge in [-0.3, -0.25) is 9.59 Å². The van der Waals surface area contributed by atoms with Crippen LogP contribution in [0.1, 0.15) is 65.2 Å². The van der Waals surface area contributed by atoms with E-state index in [-0.39, 0.29) is 48.1 Å². The second-order valence-corrected chi connectivity index (χ2v) is 15.4. The first-order valence-corrected chi connectivity index (χ1v) is 19.4. The quantitative estimate of drug-likeness (QED) is 0.0384. The largest absolute Gasteiger partial charge is 1.00 e. The van der Waals surface area contributed by atoms with Crippen molar-refractivity contribution in [3.8, 4) is 0 Å². The summed E-state index contributed by atoms with van der Waals surface area (Å²) in [6.07, 6.45) is 12.8. The summed E-state index contributed by atoms with van der Waals surface area (Å²) in [5.74, 6) is -5.19. The van der Waals surface area contributed by atoms with Crippen LogP contribution in [0.5, 0.6) is 0 Å². The van der Waals surface area contributed by atoms with Gasteiger partial charge in [0, 0.05) is 37.6 Å². The molecule has 0 aromatic carbocycles. The molecular weight excluding hydrogens is 771 g/mol. The number of amides is 1. The molecule has 59 heavy (non-hydrogen) atoms. The minimum absolute atomic E-state index is 0. The number of carbonyl (C=O) groups excluding carboxylic acids is 2. The molecule has 0 aliphatic carbocycles. The number of ketones is 1. The van der Waals surface area contributed by atoms with E-state index < -0.39 is 100 Å². The number of Topliss-reactive ketones (excluding diaryl/α,β-unsaturated/α-hetero) is 1. The van der Waals surface area contributed by atoms with E-state index in [4.69, 9.17) is 14.2 Å². The van der Waals surface area contributed by atoms with Crippen molar-refractivity contribution in [1.82, 2.24) is 9.88 Å². The summed E-state index contributed by atoms with van der Waals surface area (Å²) in [4.78, 5) is 50.5. The smallest absolute Gasteiger partial charge is 0.390 e. The fourth-order valence-electron chi connectivity index (χ4n) is 7.25. The van der Waals surface area contributed by atoms with Crippen molar-refractivity contribution in [3.05, 3.63) is 122 Å². The molecule has 0 saturated carbocycles. The summed E-state index contributed by atoms with van der Waals surface area (Å²) in [5, 5.41) is 57.9. The third kappa shape index (κ3) is 12.2. The Kier molecular flexibility index (Phi) is 20.3. The van der Waals surface area contributed by atoms with Crippen LogP contribution in [0.3, 0.4) is 0 Å². The first-order valence-electron chi connectivity index (χ1n) is 19.4. The van der Waals surface area contributed by atoms with Crippen molar-refractivity contribution >= 4 is 11.7 Å². The van der Waals surface area contributed by atoms with Gasteiger partial charge in [-0.05, 0) is 32.0 Å². The number of aliphatic hydroxyl groups is 5. The maximum Gasteiger partial charge on any atom is 1.00 e. The van der Waals surface area contributed by atoms with Gasteiger partial charge in [-0.15, -0.1) is 6.08 Å². The number of aryl methyl sites for hydroxylation is 1. The summed E-state index contributed by atoms with van der Waals surface area (Å²) < 4.78 is 19.0. The number of allylic oxidation sites excluding steroid dienone is 10. The molecule has 0 bridgehead atoms. The second kappa shape index (κ2) is 23.1. The molecule has 320 valence electrons. The van der Waals surface area contributed by atoms with Crippen molar-refractivity contribution < 1.29 is 78.9 Å². The zero-order valence-corrected chi connectivity index (χ0v) is 37.8. The monoisotopic (exact) mass is 832 g/mol. The van der Waals surface area contributed by atoms with Crippen LogP contribution in [0.25, 0.3) is 0 Å². The SMILES string of the molecule is C/C=C\C=C\[C@@H]1O[C@](O)([C@H](CC)C(=O)NC/C=C/C=C(\C)[C@@H](OC)[C@@H](C)[C@@H]2O[C@H](/C=C/C=C/C=C(\C)C(=O)[c-]3c(=O)ccn(C)c3=O)[C@H](O)[C@@H]2O)[C@H](O)[C@H](O)C1(C)C.[Na+]. The van der Waals surface area contributed by atoms with Crippen LogP contribution < -0.4 is 45.9 Å². The van der Waals surface area contributed by atoms with Gasteiger partial charge in [-0.2, -0.15) is 0 Å². The third-order valence-corrected chi connectivity index (χ3v) is 11.0. The van der Waals surface area contributed by atoms with Crippen LogP contribution in [0.2, 0.25) is 0 Å². The summed E-state index contributed by atoms with van der Waals surface area (Å²) in [6, 6.07) is 1.16. The first-order chi connectivity index (χ1) is 27.3. The standard InChI is InChI=1S/C44H61N2O12.Na/c1-10-12-14-22-32-43(6,7)39(51)40(52)44(55,58-32)29(11-2)41(53)45-24-18-17-20-27(4)37(56-9)28(5)38-36(50)35(49)31(57-38)21-16-13-15-19-26(3)34(48)33-30(47)23-25-46(8)42(33)54;/h10,12-23,25,28-29,31-32,35-40,49-52,55H,11,24H2,1-9H3,(H,45,53);/q-1;+1/b12-10-,15-13+,18-17+,21-16+,22-14+,26-19+,27-20+;/t28-,29-,31-,32+,35+,36+,37-,38+,39+,40-,44-;/m1./s1. The molecule has 6 N–H and O–H groups in total. The van der Waals surface area contributed by atoms with Gasteiger partial charge in [0.15, 0.2) is 0 Å². The van der Waals surface area contributed by atoms with E-state index in [1.54, 1.807) is 81.5 Å². The number of methoxy groups -OCH3 is 1. The summed E-state index contributed by atoms with van der Waals surface area (Å²) >= 11 is 0. The van der Waals surface area contributed by atoms with Gasteiger partial charge >= 0.3 is 29.6 Å². The zero-order chi connectivity index (χ0) is 43.5. The molecule has 1 aromatic rings. The Bertz CT molecular complexity index is 1920. The van der Waals surface area contributed by atoms with E-state index >= 15 is 0 Å². The van der Waals surface area contributed by atoms with E-state index in [9.17, 15) is 44.7 Å². The number of aromatic nitrogens is 1. The Morgan fingerprint density at radius 1 is 1.00 bits per heavy atom. The van der Waals surface area contributed by atoms with Gasteiger partial charge in [-0.25, -0.2) is 0 Å². The molecule has 2 fully saturated rings. The number of hydrogen-bond donors (Lipinski definition) is 6. The molecule has 0 spiro atoms. The molecule has 1 aromatic heterocycles. The minimum Gasteiger partial charge on any atom is -0.390 e. The molecule has 15 heteroatoms. The van der Waals surface area contributed by atoms with E-state index in [1.807, 2.05) is 26.8 Å². The van der Waals surface area contributed by atoms with Crippen molar-refractivity contribution in [2.24, 2.45) is 24.3 Å². The summed E-state index contributed by atoms with van der Waals surface area (Å²) in [7, 11) is 2.97. The normalized spacial score (nSPS) is 29.4. The number of rotatable bonds is 17. The number of pyridine rings is 1. The molecule has 1 amide bonds. The Morgan fingerprint density at radius 2 is 1.66 bits per heavy atom. The van der Waals surface area contributed by atoms with Crippen LogP contribution in [0, 0.1) is 17.3 Å². The Hall–Kier alpha value is -3.25. The van der Waals surface area contributed by atoms with Crippen LogP contribution in [0.15, 0.2) is 106 Å². The van der Waals surface area contributed by atoms with Gasteiger partial charge in [0.2, 0.25) is 17.3 Å². The van der Waals surface area contributed by atoms with Crippen molar-refractivity contribution in [3.63, 3.8) is 0 Å². The van der Waals surface area contributed by atoms with Gasteiger partial charge in [-0.1, -0.05) is 113 Å². The molecule has 2 saturated heterocycles. The molecule has 2 aliphatic heterocycles. The Morgan fingerprint density at radius 3 is 2.29 bits per heavy atom. The minimum atomic E-state index is -2.35. The second-order valence-electron chi connectivity index (χ2n) is 15.4. The average Bonchev–Trinajstić information content (AvgIpc) is 3.46. The molecule has 3 heterocycles. The van der Waals surface area contributed by atoms with Gasteiger partial charge in [0.25, 0.3) is 0 Å². The number of aliphatic hydroxyl groups excluding tert-OH is 4. The van der Waals surface area contributed by atoms with E-state index in [0.717, 1.165) is 16.2 Å². The number of nitrogens with zero attached hydrogens (tertiary/aromatic N) is 1. The van der Waals surface area contributed by atoms with Crippen LogP contribution in [-0.2, 0) is 26.1 Å².